The molecular formula is C18H33O3-. The maximum absolute atomic E-state index is 10.6. The third kappa shape index (κ3) is 11.5. The van der Waals surface area contributed by atoms with E-state index in [-0.39, 0.29) is 0 Å². The van der Waals surface area contributed by atoms with Gasteiger partial charge in [-0.2, -0.15) is 0 Å². The number of carboxylic acids is 1. The van der Waals surface area contributed by atoms with Gasteiger partial charge in [-0.3, -0.25) is 0 Å². The van der Waals surface area contributed by atoms with E-state index in [0.717, 1.165) is 32.1 Å². The minimum Gasteiger partial charge on any atom is -0.550 e. The standard InChI is InChI=1S/C18H34O3/c1-5-6-7-10-15(2)11-8-13-18(4,21)14-9-12-16(3)17(19)20/h10,16,21H,5-9,11-14H2,1-4H3,(H,19,20)/p-1/b15-10+. The highest BCUT2D eigenvalue weighted by Gasteiger charge is 2.19. The second-order valence-electron chi connectivity index (χ2n) is 6.66. The SMILES string of the molecule is CCCC/C=C(\C)CCCC(C)(O)CCCC(C)C(=O)[O-]. The number of hydrogen-bond acceptors (Lipinski definition) is 3. The topological polar surface area (TPSA) is 60.4 Å². The normalized spacial score (nSPS) is 16.5. The third-order valence-corrected chi connectivity index (χ3v) is 4.09. The second kappa shape index (κ2) is 10.8. The molecule has 1 N–H and O–H groups in total. The van der Waals surface area contributed by atoms with E-state index in [0.29, 0.717) is 12.8 Å². The van der Waals surface area contributed by atoms with Crippen molar-refractivity contribution in [1.82, 2.24) is 0 Å². The van der Waals surface area contributed by atoms with E-state index in [4.69, 9.17) is 0 Å². The van der Waals surface area contributed by atoms with Gasteiger partial charge in [0, 0.05) is 5.97 Å². The van der Waals surface area contributed by atoms with Gasteiger partial charge in [0.15, 0.2) is 0 Å². The number of aliphatic hydroxyl groups is 1. The van der Waals surface area contributed by atoms with Crippen LogP contribution in [0.2, 0.25) is 0 Å². The van der Waals surface area contributed by atoms with Crippen molar-refractivity contribution < 1.29 is 15.0 Å². The fourth-order valence-electron chi connectivity index (χ4n) is 2.43. The Balaban J connectivity index is 3.86. The van der Waals surface area contributed by atoms with Crippen LogP contribution in [0.1, 0.15) is 85.5 Å². The van der Waals surface area contributed by atoms with E-state index < -0.39 is 17.5 Å². The van der Waals surface area contributed by atoms with Crippen molar-refractivity contribution in [2.45, 2.75) is 91.1 Å². The zero-order valence-electron chi connectivity index (χ0n) is 14.3. The Hall–Kier alpha value is -0.830. The number of carbonyl (C=O) groups excluding carboxylic acids is 1. The summed E-state index contributed by atoms with van der Waals surface area (Å²) >= 11 is 0. The molecule has 0 saturated heterocycles. The number of unbranched alkanes of at least 4 members (excludes halogenated alkanes) is 2. The maximum atomic E-state index is 10.6. The highest BCUT2D eigenvalue weighted by atomic mass is 16.4. The van der Waals surface area contributed by atoms with Crippen LogP contribution < -0.4 is 5.11 Å². The Morgan fingerprint density at radius 2 is 1.90 bits per heavy atom. The summed E-state index contributed by atoms with van der Waals surface area (Å²) in [4.78, 5) is 10.6. The van der Waals surface area contributed by atoms with Gasteiger partial charge in [-0.15, -0.1) is 0 Å². The van der Waals surface area contributed by atoms with Crippen molar-refractivity contribution in [2.75, 3.05) is 0 Å². The summed E-state index contributed by atoms with van der Waals surface area (Å²) < 4.78 is 0. The zero-order valence-corrected chi connectivity index (χ0v) is 14.3. The monoisotopic (exact) mass is 297 g/mol. The van der Waals surface area contributed by atoms with Gasteiger partial charge >= 0.3 is 0 Å². The van der Waals surface area contributed by atoms with E-state index in [1.165, 1.54) is 18.4 Å². The molecule has 0 spiro atoms. The van der Waals surface area contributed by atoms with Gasteiger partial charge in [0.2, 0.25) is 0 Å². The molecule has 3 nitrogen and oxygen atoms in total. The molecule has 3 heteroatoms. The molecule has 0 aromatic rings. The Bertz CT molecular complexity index is 318. The van der Waals surface area contributed by atoms with E-state index >= 15 is 0 Å². The molecule has 0 rings (SSSR count). The lowest BCUT2D eigenvalue weighted by Crippen LogP contribution is -2.30. The van der Waals surface area contributed by atoms with Gasteiger partial charge in [0.25, 0.3) is 0 Å². The molecule has 0 aliphatic heterocycles. The fourth-order valence-corrected chi connectivity index (χ4v) is 2.43. The summed E-state index contributed by atoms with van der Waals surface area (Å²) in [5.74, 6) is -1.42. The van der Waals surface area contributed by atoms with Crippen molar-refractivity contribution in [3.8, 4) is 0 Å². The molecule has 0 saturated carbocycles. The van der Waals surface area contributed by atoms with Gasteiger partial charge in [-0.05, 0) is 64.7 Å². The summed E-state index contributed by atoms with van der Waals surface area (Å²) in [6, 6.07) is 0. The fraction of sp³-hybridized carbons (Fsp3) is 0.833. The molecule has 0 radical (unpaired) electrons. The Labute approximate surface area is 130 Å². The van der Waals surface area contributed by atoms with Crippen molar-refractivity contribution in [3.63, 3.8) is 0 Å². The molecule has 21 heavy (non-hydrogen) atoms. The van der Waals surface area contributed by atoms with E-state index in [1.807, 2.05) is 6.92 Å². The van der Waals surface area contributed by atoms with Gasteiger partial charge < -0.3 is 15.0 Å². The van der Waals surface area contributed by atoms with Gasteiger partial charge in [-0.1, -0.05) is 38.3 Å². The summed E-state index contributed by atoms with van der Waals surface area (Å²) in [5, 5.41) is 20.9. The highest BCUT2D eigenvalue weighted by molar-refractivity contribution is 5.66. The number of carbonyl (C=O) groups is 1. The zero-order chi connectivity index (χ0) is 16.3. The molecule has 0 aliphatic rings. The largest absolute Gasteiger partial charge is 0.550 e. The lowest BCUT2D eigenvalue weighted by molar-refractivity contribution is -0.311. The maximum Gasteiger partial charge on any atom is 0.0619 e. The molecule has 2 unspecified atom stereocenters. The lowest BCUT2D eigenvalue weighted by atomic mass is 9.90. The third-order valence-electron chi connectivity index (χ3n) is 4.09. The van der Waals surface area contributed by atoms with Crippen LogP contribution in [0.5, 0.6) is 0 Å². The van der Waals surface area contributed by atoms with Crippen molar-refractivity contribution in [3.05, 3.63) is 11.6 Å². The Morgan fingerprint density at radius 3 is 2.48 bits per heavy atom. The first-order valence-electron chi connectivity index (χ1n) is 8.37. The molecule has 0 fully saturated rings. The molecule has 0 aliphatic carbocycles. The number of rotatable bonds is 12. The predicted octanol–water partition coefficient (Wildman–Crippen LogP) is 3.60. The Kier molecular flexibility index (Phi) is 10.4. The van der Waals surface area contributed by atoms with Crippen LogP contribution >= 0.6 is 0 Å². The minimum absolute atomic E-state index is 0.426. The summed E-state index contributed by atoms with van der Waals surface area (Å²) in [6.45, 7) is 7.87. The van der Waals surface area contributed by atoms with Crippen LogP contribution in [0.4, 0.5) is 0 Å². The van der Waals surface area contributed by atoms with Crippen LogP contribution in [-0.2, 0) is 4.79 Å². The number of aliphatic carboxylic acids is 1. The minimum atomic E-state index is -0.998. The van der Waals surface area contributed by atoms with Crippen LogP contribution in [0.15, 0.2) is 11.6 Å². The molecule has 0 aromatic carbocycles. The first-order chi connectivity index (χ1) is 9.78. The average molecular weight is 297 g/mol. The molecule has 0 bridgehead atoms. The molecule has 0 amide bonds. The molecular weight excluding hydrogens is 264 g/mol. The van der Waals surface area contributed by atoms with Crippen LogP contribution in [0.25, 0.3) is 0 Å². The number of hydrogen-bond donors (Lipinski definition) is 1. The first-order valence-corrected chi connectivity index (χ1v) is 8.37. The van der Waals surface area contributed by atoms with E-state index in [1.54, 1.807) is 6.92 Å². The van der Waals surface area contributed by atoms with Crippen LogP contribution in [0, 0.1) is 5.92 Å². The predicted molar refractivity (Wildman–Crippen MR) is 85.8 cm³/mol. The van der Waals surface area contributed by atoms with Gasteiger partial charge in [0.05, 0.1) is 5.60 Å². The van der Waals surface area contributed by atoms with Crippen molar-refractivity contribution in [2.24, 2.45) is 5.92 Å². The number of carboxylic acid groups (broad SMARTS) is 1. The van der Waals surface area contributed by atoms with Crippen LogP contribution in [-0.4, -0.2) is 16.7 Å². The molecule has 124 valence electrons. The average Bonchev–Trinajstić information content (AvgIpc) is 2.38. The quantitative estimate of drug-likeness (QED) is 0.442. The highest BCUT2D eigenvalue weighted by Crippen LogP contribution is 2.23. The van der Waals surface area contributed by atoms with E-state index in [9.17, 15) is 15.0 Å². The van der Waals surface area contributed by atoms with E-state index in [2.05, 4.69) is 19.9 Å². The van der Waals surface area contributed by atoms with Gasteiger partial charge in [0.1, 0.15) is 0 Å². The molecule has 0 heterocycles. The summed E-state index contributed by atoms with van der Waals surface area (Å²) in [7, 11) is 0. The Morgan fingerprint density at radius 1 is 1.29 bits per heavy atom. The second-order valence-corrected chi connectivity index (χ2v) is 6.66. The van der Waals surface area contributed by atoms with Crippen molar-refractivity contribution in [1.29, 1.82) is 0 Å². The number of allylic oxidation sites excluding steroid dienone is 2. The molecule has 2 atom stereocenters. The summed E-state index contributed by atoms with van der Waals surface area (Å²) in [5.41, 5.74) is 0.722. The van der Waals surface area contributed by atoms with Crippen LogP contribution in [0.3, 0.4) is 0 Å². The molecule has 0 aromatic heterocycles. The summed E-state index contributed by atoms with van der Waals surface area (Å²) in [6.07, 6.45) is 10.7. The first kappa shape index (κ1) is 20.2. The van der Waals surface area contributed by atoms with Gasteiger partial charge in [-0.25, -0.2) is 0 Å². The van der Waals surface area contributed by atoms with Crippen molar-refractivity contribution >= 4 is 5.97 Å². The lowest BCUT2D eigenvalue weighted by Gasteiger charge is -2.24. The smallest absolute Gasteiger partial charge is 0.0619 e.